The first-order valence-corrected chi connectivity index (χ1v) is 13.3. The molecule has 5 nitrogen and oxygen atoms in total. The predicted molar refractivity (Wildman–Crippen MR) is 147 cm³/mol. The monoisotopic (exact) mass is 584 g/mol. The molecule has 0 aromatic heterocycles. The van der Waals surface area contributed by atoms with Crippen LogP contribution in [0.1, 0.15) is 59.1 Å². The van der Waals surface area contributed by atoms with Gasteiger partial charge in [-0.1, -0.05) is 76.9 Å². The Kier molecular flexibility index (Phi) is 10.9. The Morgan fingerprint density at radius 2 is 1.80 bits per heavy atom. The fourth-order valence-electron chi connectivity index (χ4n) is 3.48. The van der Waals surface area contributed by atoms with Crippen molar-refractivity contribution in [3.63, 3.8) is 0 Å². The summed E-state index contributed by atoms with van der Waals surface area (Å²) in [5.41, 5.74) is 1.84. The molecule has 0 fully saturated rings. The number of hydrogen-bond donors (Lipinski definition) is 1. The average molecular weight is 586 g/mol. The van der Waals surface area contributed by atoms with Crippen molar-refractivity contribution in [2.24, 2.45) is 5.92 Å². The third-order valence-corrected chi connectivity index (χ3v) is 6.78. The number of hydrogen-bond acceptors (Lipinski definition) is 3. The molecule has 0 saturated heterocycles. The number of carbonyl (C=O) groups is 2. The van der Waals surface area contributed by atoms with Crippen molar-refractivity contribution in [1.82, 2.24) is 10.2 Å². The summed E-state index contributed by atoms with van der Waals surface area (Å²) in [6.45, 7) is 12.8. The van der Waals surface area contributed by atoms with Gasteiger partial charge in [0.15, 0.2) is 6.61 Å². The van der Waals surface area contributed by atoms with Gasteiger partial charge in [-0.2, -0.15) is 0 Å². The highest BCUT2D eigenvalue weighted by molar-refractivity contribution is 9.10. The van der Waals surface area contributed by atoms with Crippen molar-refractivity contribution in [2.45, 2.75) is 66.0 Å². The summed E-state index contributed by atoms with van der Waals surface area (Å²) in [4.78, 5) is 28.0. The average Bonchev–Trinajstić information content (AvgIpc) is 2.77. The number of nitrogens with one attached hydrogen (secondary N) is 1. The highest BCUT2D eigenvalue weighted by atomic mass is 79.9. The number of rotatable bonds is 10. The van der Waals surface area contributed by atoms with E-state index in [1.807, 2.05) is 39.0 Å². The second kappa shape index (κ2) is 13.0. The molecule has 0 radical (unpaired) electrons. The van der Waals surface area contributed by atoms with E-state index < -0.39 is 6.04 Å². The van der Waals surface area contributed by atoms with Gasteiger partial charge >= 0.3 is 0 Å². The molecule has 0 saturated carbocycles. The van der Waals surface area contributed by atoms with E-state index in [1.54, 1.807) is 18.2 Å². The molecule has 0 bridgehead atoms. The van der Waals surface area contributed by atoms with Gasteiger partial charge in [-0.3, -0.25) is 9.59 Å². The Bertz CT molecular complexity index is 1040. The highest BCUT2D eigenvalue weighted by Crippen LogP contribution is 2.31. The molecule has 1 N–H and O–H groups in total. The van der Waals surface area contributed by atoms with Gasteiger partial charge in [0, 0.05) is 23.1 Å². The third-order valence-electron chi connectivity index (χ3n) is 5.58. The molecule has 8 heteroatoms. The maximum atomic E-state index is 13.4. The lowest BCUT2D eigenvalue weighted by molar-refractivity contribution is -0.143. The second-order valence-electron chi connectivity index (χ2n) is 10.0. The van der Waals surface area contributed by atoms with E-state index in [-0.39, 0.29) is 30.4 Å². The maximum Gasteiger partial charge on any atom is 0.261 e. The number of amides is 2. The molecule has 0 heterocycles. The molecular formula is C27H35BrCl2N2O3. The quantitative estimate of drug-likeness (QED) is 0.326. The van der Waals surface area contributed by atoms with E-state index in [1.165, 1.54) is 4.90 Å². The van der Waals surface area contributed by atoms with E-state index in [9.17, 15) is 9.59 Å². The van der Waals surface area contributed by atoms with Crippen LogP contribution in [0.2, 0.25) is 10.0 Å². The lowest BCUT2D eigenvalue weighted by atomic mass is 9.87. The van der Waals surface area contributed by atoms with Crippen LogP contribution in [-0.2, 0) is 21.5 Å². The molecule has 192 valence electrons. The van der Waals surface area contributed by atoms with Gasteiger partial charge in [-0.05, 0) is 69.1 Å². The van der Waals surface area contributed by atoms with Crippen LogP contribution in [0.3, 0.4) is 0 Å². The van der Waals surface area contributed by atoms with Crippen molar-refractivity contribution < 1.29 is 14.3 Å². The van der Waals surface area contributed by atoms with Gasteiger partial charge in [0.25, 0.3) is 5.91 Å². The van der Waals surface area contributed by atoms with E-state index >= 15 is 0 Å². The van der Waals surface area contributed by atoms with Gasteiger partial charge in [0.2, 0.25) is 5.91 Å². The summed E-state index contributed by atoms with van der Waals surface area (Å²) >= 11 is 16.0. The summed E-state index contributed by atoms with van der Waals surface area (Å²) in [5, 5.41) is 3.89. The van der Waals surface area contributed by atoms with E-state index in [0.29, 0.717) is 40.2 Å². The van der Waals surface area contributed by atoms with Crippen molar-refractivity contribution in [3.8, 4) is 5.75 Å². The van der Waals surface area contributed by atoms with Crippen LogP contribution in [0.25, 0.3) is 0 Å². The fourth-order valence-corrected chi connectivity index (χ4v) is 4.44. The minimum Gasteiger partial charge on any atom is -0.483 e. The van der Waals surface area contributed by atoms with Crippen molar-refractivity contribution in [1.29, 1.82) is 0 Å². The standard InChI is InChI=1S/C27H35BrCl2N2O3/c1-7-23(26(34)31-14-17(2)3)32(15-18-8-10-20(29)13-22(18)30)25(33)16-35-24-11-9-19(12-21(24)28)27(4,5)6/h8-13,17,23H,7,14-16H2,1-6H3,(H,31,34)/t23-/m1/s1. The molecule has 1 atom stereocenters. The summed E-state index contributed by atoms with van der Waals surface area (Å²) in [7, 11) is 0. The van der Waals surface area contributed by atoms with Crippen LogP contribution in [0.5, 0.6) is 5.75 Å². The largest absolute Gasteiger partial charge is 0.483 e. The van der Waals surface area contributed by atoms with E-state index in [2.05, 4.69) is 42.0 Å². The number of halogens is 3. The van der Waals surface area contributed by atoms with Crippen LogP contribution in [-0.4, -0.2) is 35.9 Å². The Morgan fingerprint density at radius 3 is 2.34 bits per heavy atom. The molecule has 2 aromatic rings. The van der Waals surface area contributed by atoms with Crippen LogP contribution in [0.4, 0.5) is 0 Å². The van der Waals surface area contributed by atoms with Gasteiger partial charge in [0.1, 0.15) is 11.8 Å². The lowest BCUT2D eigenvalue weighted by Crippen LogP contribution is -2.50. The molecule has 0 aliphatic rings. The van der Waals surface area contributed by atoms with Crippen LogP contribution in [0, 0.1) is 5.92 Å². The number of nitrogens with zero attached hydrogens (tertiary/aromatic N) is 1. The summed E-state index contributed by atoms with van der Waals surface area (Å²) in [6, 6.07) is 10.3. The second-order valence-corrected chi connectivity index (χ2v) is 11.7. The molecule has 35 heavy (non-hydrogen) atoms. The number of carbonyl (C=O) groups excluding carboxylic acids is 2. The summed E-state index contributed by atoms with van der Waals surface area (Å²) in [5.74, 6) is 0.348. The molecular weight excluding hydrogens is 551 g/mol. The maximum absolute atomic E-state index is 13.4. The molecule has 0 aliphatic heterocycles. The van der Waals surface area contributed by atoms with Gasteiger partial charge < -0.3 is 15.0 Å². The lowest BCUT2D eigenvalue weighted by Gasteiger charge is -2.31. The van der Waals surface area contributed by atoms with Crippen molar-refractivity contribution >= 4 is 50.9 Å². The fraction of sp³-hybridized carbons (Fsp3) is 0.481. The molecule has 0 aliphatic carbocycles. The molecule has 2 amide bonds. The van der Waals surface area contributed by atoms with Crippen LogP contribution < -0.4 is 10.1 Å². The van der Waals surface area contributed by atoms with Gasteiger partial charge in [-0.15, -0.1) is 0 Å². The van der Waals surface area contributed by atoms with Crippen LogP contribution >= 0.6 is 39.1 Å². The molecule has 2 rings (SSSR count). The molecule has 0 unspecified atom stereocenters. The van der Waals surface area contributed by atoms with Gasteiger partial charge in [0.05, 0.1) is 4.47 Å². The smallest absolute Gasteiger partial charge is 0.261 e. The number of benzene rings is 2. The Labute approximate surface area is 227 Å². The Balaban J connectivity index is 2.27. The molecule has 2 aromatic carbocycles. The summed E-state index contributed by atoms with van der Waals surface area (Å²) < 4.78 is 6.65. The normalized spacial score (nSPS) is 12.4. The Hall–Kier alpha value is -1.76. The molecule has 0 spiro atoms. The SMILES string of the molecule is CC[C@H](C(=O)NCC(C)C)N(Cc1ccc(Cl)cc1Cl)C(=O)COc1ccc(C(C)(C)C)cc1Br. The minimum absolute atomic E-state index is 0.0107. The number of ether oxygens (including phenoxy) is 1. The zero-order valence-corrected chi connectivity index (χ0v) is 24.4. The zero-order valence-electron chi connectivity index (χ0n) is 21.3. The summed E-state index contributed by atoms with van der Waals surface area (Å²) in [6.07, 6.45) is 0.449. The predicted octanol–water partition coefficient (Wildman–Crippen LogP) is 7.01. The van der Waals surface area contributed by atoms with Crippen molar-refractivity contribution in [3.05, 3.63) is 62.0 Å². The van der Waals surface area contributed by atoms with Crippen LogP contribution in [0.15, 0.2) is 40.9 Å². The first-order valence-electron chi connectivity index (χ1n) is 11.8. The van der Waals surface area contributed by atoms with E-state index in [0.717, 1.165) is 10.0 Å². The van der Waals surface area contributed by atoms with E-state index in [4.69, 9.17) is 27.9 Å². The zero-order chi connectivity index (χ0) is 26.3. The minimum atomic E-state index is -0.664. The van der Waals surface area contributed by atoms with Crippen molar-refractivity contribution in [2.75, 3.05) is 13.2 Å². The third kappa shape index (κ3) is 8.69. The van der Waals surface area contributed by atoms with Gasteiger partial charge in [-0.25, -0.2) is 0 Å². The first kappa shape index (κ1) is 29.5. The Morgan fingerprint density at radius 1 is 1.11 bits per heavy atom. The highest BCUT2D eigenvalue weighted by Gasteiger charge is 2.29. The topological polar surface area (TPSA) is 58.6 Å². The first-order chi connectivity index (χ1) is 16.3.